The van der Waals surface area contributed by atoms with E-state index in [4.69, 9.17) is 4.98 Å². The lowest BCUT2D eigenvalue weighted by atomic mass is 10.00. The second-order valence-corrected chi connectivity index (χ2v) is 6.48. The first kappa shape index (κ1) is 20.6. The molecule has 3 aromatic rings. The molecule has 0 bridgehead atoms. The van der Waals surface area contributed by atoms with Crippen LogP contribution in [0.1, 0.15) is 19.5 Å². The fourth-order valence-electron chi connectivity index (χ4n) is 2.65. The zero-order chi connectivity index (χ0) is 19.6. The molecule has 0 fully saturated rings. The number of pyridine rings is 1. The molecular weight excluding hydrogens is 394 g/mol. The molecule has 3 rings (SSSR count). The fourth-order valence-corrected chi connectivity index (χ4v) is 3.05. The van der Waals surface area contributed by atoms with Gasteiger partial charge in [0.25, 0.3) is 0 Å². The number of hydrogen-bond acceptors (Lipinski definition) is 1. The molecule has 0 aliphatic carbocycles. The Morgan fingerprint density at radius 1 is 0.852 bits per heavy atom. The van der Waals surface area contributed by atoms with E-state index >= 15 is 0 Å². The summed E-state index contributed by atoms with van der Waals surface area (Å²) >= 11 is 3.55. The van der Waals surface area contributed by atoms with E-state index in [-0.39, 0.29) is 0 Å². The van der Waals surface area contributed by atoms with Crippen molar-refractivity contribution in [3.05, 3.63) is 108 Å². The van der Waals surface area contributed by atoms with Crippen LogP contribution < -0.4 is 0 Å². The van der Waals surface area contributed by atoms with Gasteiger partial charge in [-0.25, -0.2) is 4.98 Å². The molecule has 0 amide bonds. The molecular formula is C25H24BrN. The van der Waals surface area contributed by atoms with Gasteiger partial charge in [-0.15, -0.1) is 0 Å². The molecule has 0 unspecified atom stereocenters. The fraction of sp³-hybridized carbons (Fsp3) is 0.0800. The topological polar surface area (TPSA) is 12.9 Å². The third-order valence-corrected chi connectivity index (χ3v) is 4.36. The minimum absolute atomic E-state index is 0.881. The van der Waals surface area contributed by atoms with E-state index in [1.807, 2.05) is 56.3 Å². The van der Waals surface area contributed by atoms with Crippen molar-refractivity contribution in [2.75, 3.05) is 0 Å². The van der Waals surface area contributed by atoms with Crippen molar-refractivity contribution in [1.82, 2.24) is 4.98 Å². The summed E-state index contributed by atoms with van der Waals surface area (Å²) in [7, 11) is 0. The Bertz CT molecular complexity index is 940. The van der Waals surface area contributed by atoms with Crippen LogP contribution in [0, 0.1) is 0 Å². The number of allylic oxidation sites excluding steroid dienone is 4. The first-order valence-electron chi connectivity index (χ1n) is 9.00. The minimum atomic E-state index is 0.881. The van der Waals surface area contributed by atoms with Crippen LogP contribution >= 0.6 is 15.9 Å². The van der Waals surface area contributed by atoms with Crippen molar-refractivity contribution in [3.8, 4) is 22.4 Å². The van der Waals surface area contributed by atoms with E-state index < -0.39 is 0 Å². The van der Waals surface area contributed by atoms with E-state index in [2.05, 4.69) is 65.5 Å². The van der Waals surface area contributed by atoms with Gasteiger partial charge in [0.05, 0.1) is 11.4 Å². The summed E-state index contributed by atoms with van der Waals surface area (Å²) in [6, 6.07) is 22.7. The molecule has 0 spiro atoms. The third kappa shape index (κ3) is 5.38. The highest BCUT2D eigenvalue weighted by atomic mass is 79.9. The molecule has 136 valence electrons. The number of rotatable bonds is 5. The van der Waals surface area contributed by atoms with Crippen LogP contribution in [0.25, 0.3) is 28.0 Å². The van der Waals surface area contributed by atoms with Gasteiger partial charge in [-0.05, 0) is 41.0 Å². The number of hydrogen-bond donors (Lipinski definition) is 0. The van der Waals surface area contributed by atoms with Crippen LogP contribution in [0.3, 0.4) is 0 Å². The third-order valence-electron chi connectivity index (χ3n) is 3.87. The first-order valence-corrected chi connectivity index (χ1v) is 9.79. The van der Waals surface area contributed by atoms with Gasteiger partial charge in [-0.1, -0.05) is 104 Å². The Morgan fingerprint density at radius 3 is 2.19 bits per heavy atom. The number of halogens is 1. The van der Waals surface area contributed by atoms with Crippen molar-refractivity contribution in [2.45, 2.75) is 13.8 Å². The molecule has 2 aromatic carbocycles. The molecule has 0 atom stereocenters. The van der Waals surface area contributed by atoms with Crippen LogP contribution in [-0.2, 0) is 0 Å². The zero-order valence-electron chi connectivity index (χ0n) is 15.8. The predicted octanol–water partition coefficient (Wildman–Crippen LogP) is 7.96. The Kier molecular flexibility index (Phi) is 7.97. The second kappa shape index (κ2) is 10.4. The van der Waals surface area contributed by atoms with Gasteiger partial charge in [-0.3, -0.25) is 0 Å². The van der Waals surface area contributed by atoms with Crippen LogP contribution in [0.15, 0.2) is 103 Å². The standard InChI is InChI=1S/C23H18BrN.C2H6/c1-3-9-17(4-2)22-15-20(19-12-8-13-21(24)14-19)16-23(25-22)18-10-6-5-7-11-18;1-2/h3-16H,1-2H2;1-2H3/b17-9+;. The Morgan fingerprint density at radius 2 is 1.56 bits per heavy atom. The number of nitrogens with zero attached hydrogens (tertiary/aromatic N) is 1. The van der Waals surface area contributed by atoms with Crippen molar-refractivity contribution in [1.29, 1.82) is 0 Å². The van der Waals surface area contributed by atoms with Gasteiger partial charge in [0, 0.05) is 10.0 Å². The van der Waals surface area contributed by atoms with Crippen molar-refractivity contribution in [3.63, 3.8) is 0 Å². The maximum absolute atomic E-state index is 4.84. The minimum Gasteiger partial charge on any atom is -0.248 e. The maximum atomic E-state index is 4.84. The number of aromatic nitrogens is 1. The largest absolute Gasteiger partial charge is 0.248 e. The Balaban J connectivity index is 0.00000126. The van der Waals surface area contributed by atoms with Crippen LogP contribution in [0.5, 0.6) is 0 Å². The quantitative estimate of drug-likeness (QED) is 0.383. The molecule has 0 aliphatic heterocycles. The summed E-state index contributed by atoms with van der Waals surface area (Å²) in [5.74, 6) is 0. The van der Waals surface area contributed by atoms with E-state index in [0.29, 0.717) is 0 Å². The molecule has 0 radical (unpaired) electrons. The summed E-state index contributed by atoms with van der Waals surface area (Å²) in [5.41, 5.74) is 6.10. The highest BCUT2D eigenvalue weighted by molar-refractivity contribution is 9.10. The van der Waals surface area contributed by atoms with E-state index in [0.717, 1.165) is 38.1 Å². The van der Waals surface area contributed by atoms with Crippen molar-refractivity contribution >= 4 is 21.5 Å². The molecule has 27 heavy (non-hydrogen) atoms. The van der Waals surface area contributed by atoms with Gasteiger partial charge in [-0.2, -0.15) is 0 Å². The van der Waals surface area contributed by atoms with E-state index in [1.165, 1.54) is 0 Å². The van der Waals surface area contributed by atoms with E-state index in [9.17, 15) is 0 Å². The summed E-state index contributed by atoms with van der Waals surface area (Å²) < 4.78 is 1.05. The number of benzene rings is 2. The van der Waals surface area contributed by atoms with Crippen molar-refractivity contribution in [2.24, 2.45) is 0 Å². The molecule has 0 N–H and O–H groups in total. The molecule has 1 nitrogen and oxygen atoms in total. The molecule has 0 saturated heterocycles. The average Bonchev–Trinajstić information content (AvgIpc) is 2.74. The Hall–Kier alpha value is -2.71. The molecule has 2 heteroatoms. The van der Waals surface area contributed by atoms with E-state index in [1.54, 1.807) is 6.08 Å². The Labute approximate surface area is 170 Å². The lowest BCUT2D eigenvalue weighted by Crippen LogP contribution is -1.93. The van der Waals surface area contributed by atoms with Crippen molar-refractivity contribution < 1.29 is 0 Å². The maximum Gasteiger partial charge on any atom is 0.0715 e. The smallest absolute Gasteiger partial charge is 0.0715 e. The highest BCUT2D eigenvalue weighted by Crippen LogP contribution is 2.30. The van der Waals surface area contributed by atoms with Gasteiger partial charge in [0.1, 0.15) is 0 Å². The lowest BCUT2D eigenvalue weighted by molar-refractivity contribution is 1.28. The lowest BCUT2D eigenvalue weighted by Gasteiger charge is -2.11. The summed E-state index contributed by atoms with van der Waals surface area (Å²) in [6.07, 6.45) is 5.49. The van der Waals surface area contributed by atoms with Crippen LogP contribution in [0.4, 0.5) is 0 Å². The monoisotopic (exact) mass is 417 g/mol. The molecule has 1 aromatic heterocycles. The van der Waals surface area contributed by atoms with Crippen LogP contribution in [-0.4, -0.2) is 4.98 Å². The van der Waals surface area contributed by atoms with Crippen LogP contribution in [0.2, 0.25) is 0 Å². The average molecular weight is 418 g/mol. The van der Waals surface area contributed by atoms with Gasteiger partial charge in [0.15, 0.2) is 0 Å². The molecule has 1 heterocycles. The summed E-state index contributed by atoms with van der Waals surface area (Å²) in [6.45, 7) is 11.7. The molecule has 0 aliphatic rings. The SMILES string of the molecule is C=C/C=C(\C=C)c1cc(-c2cccc(Br)c2)cc(-c2ccccc2)n1.CC. The van der Waals surface area contributed by atoms with Gasteiger partial charge in [0.2, 0.25) is 0 Å². The molecule has 0 saturated carbocycles. The first-order chi connectivity index (χ1) is 13.2. The zero-order valence-corrected chi connectivity index (χ0v) is 17.4. The highest BCUT2D eigenvalue weighted by Gasteiger charge is 2.09. The second-order valence-electron chi connectivity index (χ2n) is 5.56. The van der Waals surface area contributed by atoms with Gasteiger partial charge >= 0.3 is 0 Å². The van der Waals surface area contributed by atoms with Gasteiger partial charge < -0.3 is 0 Å². The summed E-state index contributed by atoms with van der Waals surface area (Å²) in [5, 5.41) is 0. The normalized spacial score (nSPS) is 10.6. The summed E-state index contributed by atoms with van der Waals surface area (Å²) in [4.78, 5) is 4.84. The predicted molar refractivity (Wildman–Crippen MR) is 123 cm³/mol.